The Kier molecular flexibility index (Phi) is 7.83. The van der Waals surface area contributed by atoms with Crippen molar-refractivity contribution in [3.63, 3.8) is 0 Å². The fourth-order valence-corrected chi connectivity index (χ4v) is 6.40. The molecule has 1 fully saturated rings. The van der Waals surface area contributed by atoms with E-state index in [-0.39, 0.29) is 0 Å². The number of aryl methyl sites for hydroxylation is 2. The summed E-state index contributed by atoms with van der Waals surface area (Å²) in [6, 6.07) is 36.7. The van der Waals surface area contributed by atoms with Crippen molar-refractivity contribution in [2.45, 2.75) is 33.0 Å². The molecule has 0 aliphatic carbocycles. The van der Waals surface area contributed by atoms with Gasteiger partial charge in [-0.1, -0.05) is 103 Å². The van der Waals surface area contributed by atoms with Gasteiger partial charge in [0.25, 0.3) is 0 Å². The fourth-order valence-electron chi connectivity index (χ4n) is 6.40. The minimum atomic E-state index is -0.469. The van der Waals surface area contributed by atoms with Crippen molar-refractivity contribution in [3.05, 3.63) is 120 Å². The summed E-state index contributed by atoms with van der Waals surface area (Å²) in [4.78, 5) is 4.94. The minimum Gasteiger partial charge on any atom is -0.390 e. The maximum absolute atomic E-state index is 11.5. The predicted octanol–water partition coefficient (Wildman–Crippen LogP) is 6.77. The quantitative estimate of drug-likeness (QED) is 0.241. The average Bonchev–Trinajstić information content (AvgIpc) is 3.29. The fraction of sp³-hybridized carbons (Fsp3) is 0.278. The van der Waals surface area contributed by atoms with E-state index in [2.05, 4.69) is 131 Å². The van der Waals surface area contributed by atoms with Crippen LogP contribution in [0.25, 0.3) is 33.3 Å². The molecule has 1 aliphatic rings. The third-order valence-corrected chi connectivity index (χ3v) is 8.18. The molecule has 1 N–H and O–H groups in total. The second-order valence-electron chi connectivity index (χ2n) is 11.3. The number of aliphatic hydroxyl groups is 1. The smallest absolute Gasteiger partial charge is 0.0845 e. The summed E-state index contributed by atoms with van der Waals surface area (Å²) in [5.41, 5.74) is 9.90. The summed E-state index contributed by atoms with van der Waals surface area (Å²) in [5.74, 6) is 0. The van der Waals surface area contributed by atoms with Gasteiger partial charge in [0.05, 0.1) is 23.9 Å². The molecule has 0 saturated carbocycles. The van der Waals surface area contributed by atoms with E-state index in [0.717, 1.165) is 32.7 Å². The lowest BCUT2D eigenvalue weighted by molar-refractivity contribution is 0.0630. The third-order valence-electron chi connectivity index (χ3n) is 8.18. The molecule has 0 spiro atoms. The Bertz CT molecular complexity index is 1550. The van der Waals surface area contributed by atoms with Gasteiger partial charge in [0.15, 0.2) is 0 Å². The topological polar surface area (TPSA) is 31.6 Å². The van der Waals surface area contributed by atoms with Crippen LogP contribution >= 0.6 is 0 Å². The van der Waals surface area contributed by atoms with Gasteiger partial charge < -0.3 is 9.67 Å². The second kappa shape index (κ2) is 11.8. The van der Waals surface area contributed by atoms with Crippen LogP contribution < -0.4 is 0 Å². The number of hydrogen-bond acceptors (Lipinski definition) is 3. The molecule has 204 valence electrons. The van der Waals surface area contributed by atoms with Gasteiger partial charge in [-0.25, -0.2) is 0 Å². The Morgan fingerprint density at radius 1 is 0.675 bits per heavy atom. The number of aromatic nitrogens is 1. The first-order valence-corrected chi connectivity index (χ1v) is 14.5. The number of β-amino-alcohol motifs (C(OH)–C–C–N with tert-alkyl or cyclic N) is 1. The third kappa shape index (κ3) is 5.62. The normalized spacial score (nSPS) is 15.5. The van der Waals surface area contributed by atoms with E-state index in [1.165, 1.54) is 50.0 Å². The van der Waals surface area contributed by atoms with Crippen LogP contribution in [-0.2, 0) is 13.1 Å². The summed E-state index contributed by atoms with van der Waals surface area (Å²) >= 11 is 0. The molecule has 0 bridgehead atoms. The van der Waals surface area contributed by atoms with Crippen molar-refractivity contribution in [1.29, 1.82) is 0 Å². The zero-order valence-electron chi connectivity index (χ0n) is 23.6. The number of fused-ring (bicyclic) bond motifs is 1. The molecule has 1 atom stereocenters. The van der Waals surface area contributed by atoms with E-state index in [4.69, 9.17) is 0 Å². The summed E-state index contributed by atoms with van der Waals surface area (Å²) in [5, 5.41) is 12.8. The van der Waals surface area contributed by atoms with Gasteiger partial charge in [0.1, 0.15) is 0 Å². The molecule has 2 heterocycles. The summed E-state index contributed by atoms with van der Waals surface area (Å²) in [6.45, 7) is 10.6. The molecule has 1 aliphatic heterocycles. The maximum atomic E-state index is 11.5. The SMILES string of the molecule is Cc1cc(C)c2c(c1)c(-c1ccccc1)c(-c1ccccc1)n2CC(O)CN1CCN(Cc2ccccc2)CC1. The van der Waals surface area contributed by atoms with Crippen LogP contribution in [0.15, 0.2) is 103 Å². The standard InChI is InChI=1S/C36H39N3O/c1-27-22-28(2)35-33(23-27)34(30-14-8-4-9-15-30)36(31-16-10-5-11-17-31)39(35)26-32(40)25-38-20-18-37(19-21-38)24-29-12-6-3-7-13-29/h3-17,22-23,32,40H,18-21,24-26H2,1-2H3. The van der Waals surface area contributed by atoms with Gasteiger partial charge in [-0.2, -0.15) is 0 Å². The van der Waals surface area contributed by atoms with E-state index >= 15 is 0 Å². The monoisotopic (exact) mass is 529 g/mol. The van der Waals surface area contributed by atoms with Crippen LogP contribution in [0.5, 0.6) is 0 Å². The highest BCUT2D eigenvalue weighted by molar-refractivity contribution is 6.06. The number of aliphatic hydroxyl groups excluding tert-OH is 1. The van der Waals surface area contributed by atoms with Crippen molar-refractivity contribution in [2.75, 3.05) is 32.7 Å². The highest BCUT2D eigenvalue weighted by Gasteiger charge is 2.25. The molecule has 5 aromatic rings. The first-order valence-electron chi connectivity index (χ1n) is 14.5. The van der Waals surface area contributed by atoms with Gasteiger partial charge in [-0.15, -0.1) is 0 Å². The van der Waals surface area contributed by atoms with Crippen LogP contribution in [0.2, 0.25) is 0 Å². The highest BCUT2D eigenvalue weighted by atomic mass is 16.3. The van der Waals surface area contributed by atoms with E-state index in [1.807, 2.05) is 0 Å². The Hall–Kier alpha value is -3.70. The lowest BCUT2D eigenvalue weighted by Crippen LogP contribution is -2.48. The van der Waals surface area contributed by atoms with Crippen LogP contribution in [-0.4, -0.2) is 58.3 Å². The zero-order valence-corrected chi connectivity index (χ0v) is 23.6. The van der Waals surface area contributed by atoms with Gasteiger partial charge in [0, 0.05) is 50.2 Å². The van der Waals surface area contributed by atoms with Crippen molar-refractivity contribution < 1.29 is 5.11 Å². The predicted molar refractivity (Wildman–Crippen MR) is 166 cm³/mol. The summed E-state index contributed by atoms with van der Waals surface area (Å²) in [7, 11) is 0. The molecule has 1 unspecified atom stereocenters. The first kappa shape index (κ1) is 26.5. The Balaban J connectivity index is 1.29. The van der Waals surface area contributed by atoms with Crippen molar-refractivity contribution in [3.8, 4) is 22.4 Å². The zero-order chi connectivity index (χ0) is 27.5. The Labute approximate surface area is 238 Å². The van der Waals surface area contributed by atoms with Crippen molar-refractivity contribution in [2.24, 2.45) is 0 Å². The van der Waals surface area contributed by atoms with E-state index in [9.17, 15) is 5.11 Å². The molecule has 0 amide bonds. The van der Waals surface area contributed by atoms with Crippen molar-refractivity contribution >= 4 is 10.9 Å². The van der Waals surface area contributed by atoms with E-state index < -0.39 is 6.10 Å². The van der Waals surface area contributed by atoms with Crippen LogP contribution in [0.1, 0.15) is 16.7 Å². The number of rotatable bonds is 8. The summed E-state index contributed by atoms with van der Waals surface area (Å²) < 4.78 is 2.39. The molecule has 4 nitrogen and oxygen atoms in total. The number of benzene rings is 4. The molecular weight excluding hydrogens is 490 g/mol. The second-order valence-corrected chi connectivity index (χ2v) is 11.3. The molecular formula is C36H39N3O. The van der Waals surface area contributed by atoms with Crippen LogP contribution in [0.3, 0.4) is 0 Å². The van der Waals surface area contributed by atoms with Gasteiger partial charge >= 0.3 is 0 Å². The highest BCUT2D eigenvalue weighted by Crippen LogP contribution is 2.42. The molecule has 40 heavy (non-hydrogen) atoms. The van der Waals surface area contributed by atoms with Gasteiger partial charge in [-0.05, 0) is 42.2 Å². The molecule has 4 heteroatoms. The molecule has 6 rings (SSSR count). The largest absolute Gasteiger partial charge is 0.390 e. The maximum Gasteiger partial charge on any atom is 0.0845 e. The molecule has 4 aromatic carbocycles. The lowest BCUT2D eigenvalue weighted by atomic mass is 9.97. The van der Waals surface area contributed by atoms with Gasteiger partial charge in [0.2, 0.25) is 0 Å². The van der Waals surface area contributed by atoms with E-state index in [1.54, 1.807) is 0 Å². The van der Waals surface area contributed by atoms with E-state index in [0.29, 0.717) is 13.1 Å². The van der Waals surface area contributed by atoms with Crippen LogP contribution in [0.4, 0.5) is 0 Å². The first-order chi connectivity index (χ1) is 19.6. The Morgan fingerprint density at radius 2 is 1.25 bits per heavy atom. The van der Waals surface area contributed by atoms with Gasteiger partial charge in [-0.3, -0.25) is 9.80 Å². The average molecular weight is 530 g/mol. The Morgan fingerprint density at radius 3 is 1.90 bits per heavy atom. The van der Waals surface area contributed by atoms with Crippen LogP contribution in [0, 0.1) is 13.8 Å². The molecule has 1 aromatic heterocycles. The number of piperazine rings is 1. The van der Waals surface area contributed by atoms with Crippen molar-refractivity contribution in [1.82, 2.24) is 14.4 Å². The molecule has 0 radical (unpaired) electrons. The lowest BCUT2D eigenvalue weighted by Gasteiger charge is -2.35. The number of nitrogens with zero attached hydrogens (tertiary/aromatic N) is 3. The summed E-state index contributed by atoms with van der Waals surface area (Å²) in [6.07, 6.45) is -0.469. The minimum absolute atomic E-state index is 0.469. The number of hydrogen-bond donors (Lipinski definition) is 1. The molecule has 1 saturated heterocycles.